The Bertz CT molecular complexity index is 662. The van der Waals surface area contributed by atoms with Gasteiger partial charge in [-0.1, -0.05) is 12.2 Å². The van der Waals surface area contributed by atoms with Gasteiger partial charge in [-0.3, -0.25) is 0 Å². The zero-order valence-corrected chi connectivity index (χ0v) is 9.93. The van der Waals surface area contributed by atoms with Crippen LogP contribution in [0.15, 0.2) is 22.8 Å². The molecule has 2 heterocycles. The van der Waals surface area contributed by atoms with E-state index in [0.717, 1.165) is 36.3 Å². The van der Waals surface area contributed by atoms with Crippen molar-refractivity contribution in [2.24, 2.45) is 0 Å². The lowest BCUT2D eigenvalue weighted by Crippen LogP contribution is -1.97. The molecule has 3 rings (SSSR count). The molecule has 84 valence electrons. The molecule has 17 heavy (non-hydrogen) atoms. The van der Waals surface area contributed by atoms with E-state index in [4.69, 9.17) is 16.6 Å². The van der Waals surface area contributed by atoms with Crippen LogP contribution in [0, 0.1) is 16.0 Å². The lowest BCUT2D eigenvalue weighted by Gasteiger charge is -2.08. The standard InChI is InChI=1S/C13H10N2OS/c14-7-9-12(11-5-2-6-16-11)8-3-1-4-10(8)15-13(9)17/h2,5-6H,1,3-4H2,(H,15,17). The van der Waals surface area contributed by atoms with Gasteiger partial charge in [-0.15, -0.1) is 0 Å². The van der Waals surface area contributed by atoms with Gasteiger partial charge in [0, 0.05) is 11.3 Å². The normalized spacial score (nSPS) is 13.4. The van der Waals surface area contributed by atoms with Crippen molar-refractivity contribution >= 4 is 12.2 Å². The van der Waals surface area contributed by atoms with Gasteiger partial charge >= 0.3 is 0 Å². The minimum absolute atomic E-state index is 0.513. The zero-order chi connectivity index (χ0) is 11.8. The average Bonchev–Trinajstić information content (AvgIpc) is 2.97. The highest BCUT2D eigenvalue weighted by Gasteiger charge is 2.22. The molecule has 1 N–H and O–H groups in total. The Kier molecular flexibility index (Phi) is 2.34. The minimum Gasteiger partial charge on any atom is -0.464 e. The smallest absolute Gasteiger partial charge is 0.135 e. The van der Waals surface area contributed by atoms with Crippen LogP contribution in [0.25, 0.3) is 11.3 Å². The Morgan fingerprint density at radius 1 is 1.41 bits per heavy atom. The molecule has 4 heteroatoms. The molecular weight excluding hydrogens is 232 g/mol. The first-order valence-corrected chi connectivity index (χ1v) is 5.94. The van der Waals surface area contributed by atoms with Crippen LogP contribution in [-0.2, 0) is 12.8 Å². The Morgan fingerprint density at radius 3 is 3.00 bits per heavy atom. The fraction of sp³-hybridized carbons (Fsp3) is 0.231. The molecule has 1 aliphatic carbocycles. The summed E-state index contributed by atoms with van der Waals surface area (Å²) in [7, 11) is 0. The molecule has 0 saturated heterocycles. The number of hydrogen-bond acceptors (Lipinski definition) is 3. The minimum atomic E-state index is 0.513. The summed E-state index contributed by atoms with van der Waals surface area (Å²) in [4.78, 5) is 3.16. The lowest BCUT2D eigenvalue weighted by atomic mass is 10.0. The van der Waals surface area contributed by atoms with E-state index < -0.39 is 0 Å². The Balaban J connectivity index is 2.40. The first-order chi connectivity index (χ1) is 8.31. The van der Waals surface area contributed by atoms with E-state index in [0.29, 0.717) is 10.2 Å². The van der Waals surface area contributed by atoms with E-state index in [9.17, 15) is 5.26 Å². The maximum absolute atomic E-state index is 9.25. The topological polar surface area (TPSA) is 52.7 Å². The highest BCUT2D eigenvalue weighted by atomic mass is 32.1. The van der Waals surface area contributed by atoms with Crippen LogP contribution in [0.1, 0.15) is 23.2 Å². The summed E-state index contributed by atoms with van der Waals surface area (Å²) in [5.41, 5.74) is 3.75. The van der Waals surface area contributed by atoms with Crippen LogP contribution in [0.3, 0.4) is 0 Å². The molecule has 0 spiro atoms. The molecule has 0 saturated carbocycles. The van der Waals surface area contributed by atoms with Crippen LogP contribution in [0.2, 0.25) is 0 Å². The Morgan fingerprint density at radius 2 is 2.29 bits per heavy atom. The third-order valence-corrected chi connectivity index (χ3v) is 3.45. The number of aromatic nitrogens is 1. The molecule has 0 aromatic carbocycles. The van der Waals surface area contributed by atoms with Crippen molar-refractivity contribution in [1.82, 2.24) is 4.98 Å². The van der Waals surface area contributed by atoms with Gasteiger partial charge in [0.25, 0.3) is 0 Å². The number of hydrogen-bond donors (Lipinski definition) is 1. The average molecular weight is 242 g/mol. The van der Waals surface area contributed by atoms with Gasteiger partial charge in [0.05, 0.1) is 11.8 Å². The van der Waals surface area contributed by atoms with E-state index in [2.05, 4.69) is 11.1 Å². The number of furan rings is 1. The molecule has 0 aliphatic heterocycles. The maximum atomic E-state index is 9.25. The highest BCUT2D eigenvalue weighted by Crippen LogP contribution is 2.34. The van der Waals surface area contributed by atoms with Crippen LogP contribution in [0.4, 0.5) is 0 Å². The predicted octanol–water partition coefficient (Wildman–Crippen LogP) is 3.36. The third-order valence-electron chi connectivity index (χ3n) is 3.14. The summed E-state index contributed by atoms with van der Waals surface area (Å²) in [5, 5.41) is 9.25. The number of H-pyrrole nitrogens is 1. The molecule has 0 unspecified atom stereocenters. The van der Waals surface area contributed by atoms with E-state index in [1.807, 2.05) is 12.1 Å². The molecule has 0 amide bonds. The van der Waals surface area contributed by atoms with Crippen LogP contribution >= 0.6 is 12.2 Å². The van der Waals surface area contributed by atoms with Crippen molar-refractivity contribution in [2.45, 2.75) is 19.3 Å². The van der Waals surface area contributed by atoms with Gasteiger partial charge in [0.15, 0.2) is 0 Å². The largest absolute Gasteiger partial charge is 0.464 e. The second-order valence-corrected chi connectivity index (χ2v) is 4.51. The van der Waals surface area contributed by atoms with E-state index in [1.165, 1.54) is 5.56 Å². The number of nitrogens with zero attached hydrogens (tertiary/aromatic N) is 1. The van der Waals surface area contributed by atoms with Crippen molar-refractivity contribution < 1.29 is 4.42 Å². The molecule has 0 fully saturated rings. The van der Waals surface area contributed by atoms with Crippen molar-refractivity contribution in [2.75, 3.05) is 0 Å². The van der Waals surface area contributed by atoms with Crippen molar-refractivity contribution in [3.8, 4) is 17.4 Å². The van der Waals surface area contributed by atoms with Crippen molar-refractivity contribution in [3.63, 3.8) is 0 Å². The quantitative estimate of drug-likeness (QED) is 0.780. The SMILES string of the molecule is N#Cc1c(-c2ccco2)c2c([nH]c1=S)CCC2. The monoisotopic (exact) mass is 242 g/mol. The number of pyridine rings is 1. The Hall–Kier alpha value is -1.86. The number of aromatic amines is 1. The molecule has 0 radical (unpaired) electrons. The summed E-state index contributed by atoms with van der Waals surface area (Å²) in [6.07, 6.45) is 4.70. The third kappa shape index (κ3) is 1.51. The summed E-state index contributed by atoms with van der Waals surface area (Å²) in [5.74, 6) is 0.736. The first-order valence-electron chi connectivity index (χ1n) is 5.53. The van der Waals surface area contributed by atoms with E-state index in [1.54, 1.807) is 6.26 Å². The highest BCUT2D eigenvalue weighted by molar-refractivity contribution is 7.71. The Labute approximate surface area is 104 Å². The summed E-state index contributed by atoms with van der Waals surface area (Å²) in [6.45, 7) is 0. The maximum Gasteiger partial charge on any atom is 0.135 e. The number of rotatable bonds is 1. The number of nitrogens with one attached hydrogen (secondary N) is 1. The molecule has 2 aromatic heterocycles. The predicted molar refractivity (Wildman–Crippen MR) is 66.1 cm³/mol. The van der Waals surface area contributed by atoms with Gasteiger partial charge in [-0.25, -0.2) is 0 Å². The number of aryl methyl sites for hydroxylation is 1. The fourth-order valence-electron chi connectivity index (χ4n) is 2.42. The molecule has 0 atom stereocenters. The molecule has 2 aromatic rings. The van der Waals surface area contributed by atoms with Gasteiger partial charge in [0.2, 0.25) is 0 Å². The van der Waals surface area contributed by atoms with Gasteiger partial charge in [0.1, 0.15) is 16.5 Å². The van der Waals surface area contributed by atoms with E-state index in [-0.39, 0.29) is 0 Å². The fourth-order valence-corrected chi connectivity index (χ4v) is 2.69. The van der Waals surface area contributed by atoms with Crippen LogP contribution in [-0.4, -0.2) is 4.98 Å². The van der Waals surface area contributed by atoms with Gasteiger partial charge in [-0.05, 0) is 37.0 Å². The lowest BCUT2D eigenvalue weighted by molar-refractivity contribution is 0.581. The molecular formula is C13H10N2OS. The van der Waals surface area contributed by atoms with Crippen molar-refractivity contribution in [3.05, 3.63) is 39.9 Å². The first kappa shape index (κ1) is 10.3. The number of fused-ring (bicyclic) bond motifs is 1. The second-order valence-electron chi connectivity index (χ2n) is 4.10. The summed E-state index contributed by atoms with van der Waals surface area (Å²) < 4.78 is 5.94. The number of nitriles is 1. The molecule has 3 nitrogen and oxygen atoms in total. The van der Waals surface area contributed by atoms with Gasteiger partial charge in [-0.2, -0.15) is 5.26 Å². The van der Waals surface area contributed by atoms with Crippen molar-refractivity contribution in [1.29, 1.82) is 5.26 Å². The summed E-state index contributed by atoms with van der Waals surface area (Å²) in [6, 6.07) is 5.90. The molecule has 1 aliphatic rings. The second kappa shape index (κ2) is 3.86. The van der Waals surface area contributed by atoms with E-state index >= 15 is 0 Å². The van der Waals surface area contributed by atoms with Crippen LogP contribution < -0.4 is 0 Å². The summed E-state index contributed by atoms with van der Waals surface area (Å²) >= 11 is 5.23. The van der Waals surface area contributed by atoms with Crippen LogP contribution in [0.5, 0.6) is 0 Å². The van der Waals surface area contributed by atoms with Gasteiger partial charge < -0.3 is 9.40 Å². The zero-order valence-electron chi connectivity index (χ0n) is 9.12. The molecule has 0 bridgehead atoms.